The Morgan fingerprint density at radius 3 is 2.67 bits per heavy atom. The first kappa shape index (κ1) is 13.1. The SMILES string of the molecule is CCC[C@H](O)c1nc2ccccc2n1CC(C)C. The van der Waals surface area contributed by atoms with Crippen molar-refractivity contribution in [2.24, 2.45) is 5.92 Å². The topological polar surface area (TPSA) is 38.1 Å². The summed E-state index contributed by atoms with van der Waals surface area (Å²) < 4.78 is 2.17. The van der Waals surface area contributed by atoms with Crippen molar-refractivity contribution >= 4 is 11.0 Å². The van der Waals surface area contributed by atoms with Crippen LogP contribution in [0, 0.1) is 5.92 Å². The lowest BCUT2D eigenvalue weighted by Gasteiger charge is -2.15. The number of benzene rings is 1. The third-order valence-electron chi connectivity index (χ3n) is 3.09. The maximum absolute atomic E-state index is 10.2. The Labute approximate surface area is 108 Å². The van der Waals surface area contributed by atoms with Crippen LogP contribution in [-0.4, -0.2) is 14.7 Å². The third kappa shape index (κ3) is 2.56. The highest BCUT2D eigenvalue weighted by Crippen LogP contribution is 2.24. The molecular weight excluding hydrogens is 224 g/mol. The molecule has 0 amide bonds. The van der Waals surface area contributed by atoms with Crippen molar-refractivity contribution in [1.29, 1.82) is 0 Å². The highest BCUT2D eigenvalue weighted by Gasteiger charge is 2.17. The molecule has 0 bridgehead atoms. The standard InChI is InChI=1S/C15H22N2O/c1-4-7-14(18)15-16-12-8-5-6-9-13(12)17(15)10-11(2)3/h5-6,8-9,11,14,18H,4,7,10H2,1-3H3/t14-/m0/s1. The molecule has 1 heterocycles. The molecule has 1 aromatic carbocycles. The molecule has 3 nitrogen and oxygen atoms in total. The minimum atomic E-state index is -0.457. The molecule has 0 aliphatic carbocycles. The van der Waals surface area contributed by atoms with Crippen LogP contribution in [0.25, 0.3) is 11.0 Å². The average Bonchev–Trinajstić information content (AvgIpc) is 2.68. The zero-order valence-corrected chi connectivity index (χ0v) is 11.4. The second-order valence-corrected chi connectivity index (χ2v) is 5.27. The molecule has 1 N–H and O–H groups in total. The largest absolute Gasteiger partial charge is 0.385 e. The van der Waals surface area contributed by atoms with E-state index in [9.17, 15) is 5.11 Å². The second-order valence-electron chi connectivity index (χ2n) is 5.27. The van der Waals surface area contributed by atoms with Crippen LogP contribution in [0.2, 0.25) is 0 Å². The van der Waals surface area contributed by atoms with E-state index in [2.05, 4.69) is 36.4 Å². The van der Waals surface area contributed by atoms with E-state index in [0.29, 0.717) is 5.92 Å². The number of hydrogen-bond acceptors (Lipinski definition) is 2. The summed E-state index contributed by atoms with van der Waals surface area (Å²) in [4.78, 5) is 4.60. The van der Waals surface area contributed by atoms with Crippen molar-refractivity contribution in [3.05, 3.63) is 30.1 Å². The minimum absolute atomic E-state index is 0.457. The van der Waals surface area contributed by atoms with Crippen molar-refractivity contribution < 1.29 is 5.11 Å². The van der Waals surface area contributed by atoms with Gasteiger partial charge in [0.1, 0.15) is 11.9 Å². The van der Waals surface area contributed by atoms with E-state index in [1.807, 2.05) is 18.2 Å². The summed E-state index contributed by atoms with van der Waals surface area (Å²) >= 11 is 0. The normalized spacial score (nSPS) is 13.4. The van der Waals surface area contributed by atoms with Crippen LogP contribution >= 0.6 is 0 Å². The van der Waals surface area contributed by atoms with E-state index in [1.54, 1.807) is 0 Å². The molecule has 3 heteroatoms. The van der Waals surface area contributed by atoms with E-state index in [1.165, 1.54) is 0 Å². The Morgan fingerprint density at radius 1 is 1.28 bits per heavy atom. The van der Waals surface area contributed by atoms with Gasteiger partial charge < -0.3 is 9.67 Å². The third-order valence-corrected chi connectivity index (χ3v) is 3.09. The Hall–Kier alpha value is -1.35. The number of aliphatic hydroxyl groups excluding tert-OH is 1. The van der Waals surface area contributed by atoms with Crippen LogP contribution in [0.4, 0.5) is 0 Å². The van der Waals surface area contributed by atoms with Crippen molar-refractivity contribution in [2.75, 3.05) is 0 Å². The quantitative estimate of drug-likeness (QED) is 0.876. The molecule has 2 aromatic rings. The molecule has 0 aliphatic rings. The Balaban J connectivity index is 2.49. The molecule has 0 saturated carbocycles. The van der Waals surface area contributed by atoms with Crippen LogP contribution < -0.4 is 0 Å². The van der Waals surface area contributed by atoms with Gasteiger partial charge in [-0.3, -0.25) is 0 Å². The summed E-state index contributed by atoms with van der Waals surface area (Å²) in [5, 5.41) is 10.2. The van der Waals surface area contributed by atoms with Gasteiger partial charge in [0.25, 0.3) is 0 Å². The zero-order chi connectivity index (χ0) is 13.1. The predicted molar refractivity (Wildman–Crippen MR) is 74.4 cm³/mol. The number of para-hydroxylation sites is 2. The lowest BCUT2D eigenvalue weighted by Crippen LogP contribution is -2.12. The monoisotopic (exact) mass is 246 g/mol. The van der Waals surface area contributed by atoms with Gasteiger partial charge in [0, 0.05) is 6.54 Å². The fraction of sp³-hybridized carbons (Fsp3) is 0.533. The fourth-order valence-electron chi connectivity index (χ4n) is 2.31. The summed E-state index contributed by atoms with van der Waals surface area (Å²) in [5.74, 6) is 1.35. The van der Waals surface area contributed by atoms with Gasteiger partial charge in [-0.1, -0.05) is 39.3 Å². The molecular formula is C15H22N2O. The van der Waals surface area contributed by atoms with Gasteiger partial charge in [-0.25, -0.2) is 4.98 Å². The number of rotatable bonds is 5. The molecule has 0 unspecified atom stereocenters. The van der Waals surface area contributed by atoms with Crippen molar-refractivity contribution in [1.82, 2.24) is 9.55 Å². The molecule has 0 radical (unpaired) electrons. The lowest BCUT2D eigenvalue weighted by atomic mass is 10.2. The van der Waals surface area contributed by atoms with Gasteiger partial charge in [0.15, 0.2) is 0 Å². The highest BCUT2D eigenvalue weighted by atomic mass is 16.3. The Kier molecular flexibility index (Phi) is 4.02. The second kappa shape index (κ2) is 5.53. The van der Waals surface area contributed by atoms with Gasteiger partial charge in [-0.15, -0.1) is 0 Å². The highest BCUT2D eigenvalue weighted by molar-refractivity contribution is 5.76. The van der Waals surface area contributed by atoms with E-state index in [0.717, 1.165) is 36.2 Å². The molecule has 0 fully saturated rings. The number of aliphatic hydroxyl groups is 1. The van der Waals surface area contributed by atoms with Gasteiger partial charge in [0.05, 0.1) is 11.0 Å². The van der Waals surface area contributed by atoms with Crippen LogP contribution in [0.3, 0.4) is 0 Å². The number of imidazole rings is 1. The first-order valence-electron chi connectivity index (χ1n) is 6.76. The number of hydrogen-bond donors (Lipinski definition) is 1. The first-order chi connectivity index (χ1) is 8.63. The zero-order valence-electron chi connectivity index (χ0n) is 11.4. The van der Waals surface area contributed by atoms with Crippen LogP contribution in [-0.2, 0) is 6.54 Å². The minimum Gasteiger partial charge on any atom is -0.385 e. The molecule has 18 heavy (non-hydrogen) atoms. The fourth-order valence-corrected chi connectivity index (χ4v) is 2.31. The van der Waals surface area contributed by atoms with Crippen molar-refractivity contribution in [2.45, 2.75) is 46.3 Å². The van der Waals surface area contributed by atoms with E-state index in [4.69, 9.17) is 0 Å². The summed E-state index contributed by atoms with van der Waals surface area (Å²) in [6, 6.07) is 8.10. The molecule has 2 rings (SSSR count). The maximum Gasteiger partial charge on any atom is 0.138 e. The summed E-state index contributed by atoms with van der Waals surface area (Å²) in [5.41, 5.74) is 2.10. The smallest absolute Gasteiger partial charge is 0.138 e. The summed E-state index contributed by atoms with van der Waals surface area (Å²) in [6.45, 7) is 7.35. The van der Waals surface area contributed by atoms with Crippen LogP contribution in [0.1, 0.15) is 45.5 Å². The van der Waals surface area contributed by atoms with Crippen molar-refractivity contribution in [3.63, 3.8) is 0 Å². The van der Waals surface area contributed by atoms with Crippen LogP contribution in [0.5, 0.6) is 0 Å². The van der Waals surface area contributed by atoms with Crippen molar-refractivity contribution in [3.8, 4) is 0 Å². The van der Waals surface area contributed by atoms with E-state index < -0.39 is 6.10 Å². The summed E-state index contributed by atoms with van der Waals surface area (Å²) in [6.07, 6.45) is 1.27. The van der Waals surface area contributed by atoms with Gasteiger partial charge in [-0.05, 0) is 24.5 Å². The Bertz CT molecular complexity index is 516. The molecule has 1 aromatic heterocycles. The molecule has 98 valence electrons. The predicted octanol–water partition coefficient (Wildman–Crippen LogP) is 3.53. The number of aromatic nitrogens is 2. The van der Waals surface area contributed by atoms with Gasteiger partial charge in [0.2, 0.25) is 0 Å². The number of fused-ring (bicyclic) bond motifs is 1. The summed E-state index contributed by atoms with van der Waals surface area (Å²) in [7, 11) is 0. The van der Waals surface area contributed by atoms with Crippen LogP contribution in [0.15, 0.2) is 24.3 Å². The average molecular weight is 246 g/mol. The van der Waals surface area contributed by atoms with Gasteiger partial charge >= 0.3 is 0 Å². The molecule has 0 aliphatic heterocycles. The molecule has 0 saturated heterocycles. The maximum atomic E-state index is 10.2. The molecule has 1 atom stereocenters. The van der Waals surface area contributed by atoms with E-state index in [-0.39, 0.29) is 0 Å². The van der Waals surface area contributed by atoms with Gasteiger partial charge in [-0.2, -0.15) is 0 Å². The number of nitrogens with zero attached hydrogens (tertiary/aromatic N) is 2. The first-order valence-corrected chi connectivity index (χ1v) is 6.76. The lowest BCUT2D eigenvalue weighted by molar-refractivity contribution is 0.151. The van der Waals surface area contributed by atoms with E-state index >= 15 is 0 Å². The molecule has 0 spiro atoms. The Morgan fingerprint density at radius 2 is 2.00 bits per heavy atom.